The topological polar surface area (TPSA) is 65.0 Å². The molecule has 2 saturated carbocycles. The number of hydrogen-bond donors (Lipinski definition) is 1. The van der Waals surface area contributed by atoms with E-state index < -0.39 is 23.7 Å². The number of benzene rings is 1. The minimum Gasteiger partial charge on any atom is -0.460 e. The van der Waals surface area contributed by atoms with Crippen LogP contribution in [0, 0.1) is 23.5 Å². The molecule has 1 atom stereocenters. The van der Waals surface area contributed by atoms with Crippen LogP contribution in [0.5, 0.6) is 0 Å². The normalized spacial score (nSPS) is 25.7. The highest BCUT2D eigenvalue weighted by Gasteiger charge is 2.31. The molecule has 7 heteroatoms. The van der Waals surface area contributed by atoms with Crippen LogP contribution in [0.2, 0.25) is 0 Å². The smallest absolute Gasteiger partial charge is 0.330 e. The Morgan fingerprint density at radius 3 is 2.29 bits per heavy atom. The highest BCUT2D eigenvalue weighted by Crippen LogP contribution is 2.43. The molecule has 0 heterocycles. The van der Waals surface area contributed by atoms with Crippen LogP contribution in [-0.4, -0.2) is 49.7 Å². The number of hydrogen-bond acceptors (Lipinski definition) is 5. The summed E-state index contributed by atoms with van der Waals surface area (Å²) < 4.78 is 43.1. The van der Waals surface area contributed by atoms with Crippen molar-refractivity contribution in [3.8, 4) is 0 Å². The van der Waals surface area contributed by atoms with E-state index in [1.165, 1.54) is 37.8 Å². The summed E-state index contributed by atoms with van der Waals surface area (Å²) in [5.74, 6) is -0.213. The molecule has 3 rings (SSSR count). The lowest BCUT2D eigenvalue weighted by atomic mass is 9.69. The van der Waals surface area contributed by atoms with Gasteiger partial charge in [-0.15, -0.1) is 0 Å². The molecule has 1 aromatic rings. The zero-order valence-corrected chi connectivity index (χ0v) is 20.6. The van der Waals surface area contributed by atoms with Gasteiger partial charge in [-0.2, -0.15) is 0 Å². The van der Waals surface area contributed by atoms with Gasteiger partial charge in [0.15, 0.2) is 11.6 Å². The molecule has 196 valence electrons. The van der Waals surface area contributed by atoms with E-state index in [4.69, 9.17) is 14.2 Å². The van der Waals surface area contributed by atoms with Crippen molar-refractivity contribution < 1.29 is 32.9 Å². The third-order valence-corrected chi connectivity index (χ3v) is 7.50. The monoisotopic (exact) mass is 494 g/mol. The molecule has 0 amide bonds. The number of carbonyl (C=O) groups excluding carboxylic acids is 1. The number of halogens is 2. The fraction of sp³-hybridized carbons (Fsp3) is 0.679. The van der Waals surface area contributed by atoms with Gasteiger partial charge in [0.2, 0.25) is 0 Å². The second kappa shape index (κ2) is 14.7. The van der Waals surface area contributed by atoms with E-state index in [1.54, 1.807) is 6.07 Å². The van der Waals surface area contributed by atoms with E-state index in [0.29, 0.717) is 18.6 Å². The first kappa shape index (κ1) is 27.8. The SMILES string of the molecule is C=CC(=O)OCC(O)COCCCCOC1CCC(C2CCC(c3ccc(F)c(F)c3)CC2)CC1. The van der Waals surface area contributed by atoms with E-state index in [-0.39, 0.29) is 13.2 Å². The third kappa shape index (κ3) is 9.28. The van der Waals surface area contributed by atoms with Gasteiger partial charge in [0.1, 0.15) is 12.7 Å². The maximum atomic E-state index is 13.6. The van der Waals surface area contributed by atoms with Crippen LogP contribution in [0.15, 0.2) is 30.9 Å². The standard InChI is InChI=1S/C28H40F2O5/c1-2-28(32)35-19-24(31)18-33-15-3-4-16-34-25-12-9-21(10-13-25)20-5-7-22(8-6-20)23-11-14-26(29)27(30)17-23/h2,11,14,17,20-22,24-25,31H,1,3-10,12-13,15-16,18-19H2. The fourth-order valence-corrected chi connectivity index (χ4v) is 5.48. The molecular formula is C28H40F2O5. The number of unbranched alkanes of at least 4 members (excludes halogenated alkanes) is 1. The second-order valence-corrected chi connectivity index (χ2v) is 9.96. The quantitative estimate of drug-likeness (QED) is 0.216. The van der Waals surface area contributed by atoms with Gasteiger partial charge >= 0.3 is 5.97 Å². The highest BCUT2D eigenvalue weighted by atomic mass is 19.2. The van der Waals surface area contributed by atoms with E-state index in [2.05, 4.69) is 6.58 Å². The number of rotatable bonds is 13. The Labute approximate surface area is 207 Å². The predicted octanol–water partition coefficient (Wildman–Crippen LogP) is 5.70. The number of esters is 1. The second-order valence-electron chi connectivity index (χ2n) is 9.96. The average Bonchev–Trinajstić information content (AvgIpc) is 2.88. The Morgan fingerprint density at radius 1 is 0.971 bits per heavy atom. The summed E-state index contributed by atoms with van der Waals surface area (Å²) in [6, 6.07) is 4.37. The molecule has 0 bridgehead atoms. The molecule has 0 saturated heterocycles. The minimum absolute atomic E-state index is 0.0910. The van der Waals surface area contributed by atoms with Crippen LogP contribution in [0.4, 0.5) is 8.78 Å². The van der Waals surface area contributed by atoms with Crippen LogP contribution in [0.1, 0.15) is 75.7 Å². The van der Waals surface area contributed by atoms with Gasteiger partial charge in [-0.25, -0.2) is 13.6 Å². The van der Waals surface area contributed by atoms with Gasteiger partial charge in [0.25, 0.3) is 0 Å². The van der Waals surface area contributed by atoms with Crippen molar-refractivity contribution in [3.05, 3.63) is 48.1 Å². The minimum atomic E-state index is -0.828. The van der Waals surface area contributed by atoms with Crippen LogP contribution < -0.4 is 0 Å². The van der Waals surface area contributed by atoms with Gasteiger partial charge in [-0.1, -0.05) is 12.6 Å². The van der Waals surface area contributed by atoms with Crippen LogP contribution in [0.3, 0.4) is 0 Å². The molecule has 0 radical (unpaired) electrons. The molecule has 1 N–H and O–H groups in total. The summed E-state index contributed by atoms with van der Waals surface area (Å²) in [5.41, 5.74) is 0.940. The number of aliphatic hydroxyl groups is 1. The van der Waals surface area contributed by atoms with Gasteiger partial charge in [-0.05, 0) is 99.7 Å². The Bertz CT molecular complexity index is 786. The molecule has 2 fully saturated rings. The lowest BCUT2D eigenvalue weighted by Gasteiger charge is -2.38. The van der Waals surface area contributed by atoms with Crippen molar-refractivity contribution in [2.45, 2.75) is 82.3 Å². The van der Waals surface area contributed by atoms with E-state index in [0.717, 1.165) is 68.6 Å². The molecule has 0 aliphatic heterocycles. The average molecular weight is 495 g/mol. The number of carbonyl (C=O) groups is 1. The summed E-state index contributed by atoms with van der Waals surface area (Å²) in [4.78, 5) is 10.9. The third-order valence-electron chi connectivity index (χ3n) is 7.50. The molecular weight excluding hydrogens is 454 g/mol. The van der Waals surface area contributed by atoms with Gasteiger partial charge in [0.05, 0.1) is 12.7 Å². The Kier molecular flexibility index (Phi) is 11.6. The lowest BCUT2D eigenvalue weighted by molar-refractivity contribution is -0.141. The molecule has 2 aliphatic carbocycles. The van der Waals surface area contributed by atoms with Crippen molar-refractivity contribution in [2.24, 2.45) is 11.8 Å². The van der Waals surface area contributed by atoms with Gasteiger partial charge in [-0.3, -0.25) is 0 Å². The van der Waals surface area contributed by atoms with Crippen LogP contribution in [-0.2, 0) is 19.0 Å². The maximum absolute atomic E-state index is 13.6. The van der Waals surface area contributed by atoms with E-state index >= 15 is 0 Å². The van der Waals surface area contributed by atoms with E-state index in [9.17, 15) is 18.7 Å². The molecule has 5 nitrogen and oxygen atoms in total. The fourth-order valence-electron chi connectivity index (χ4n) is 5.48. The summed E-state index contributed by atoms with van der Waals surface area (Å²) in [6.45, 7) is 4.60. The Morgan fingerprint density at radius 2 is 1.63 bits per heavy atom. The summed E-state index contributed by atoms with van der Waals surface area (Å²) in [5, 5.41) is 9.68. The molecule has 2 aliphatic rings. The summed E-state index contributed by atoms with van der Waals surface area (Å²) in [6.07, 6.45) is 11.5. The van der Waals surface area contributed by atoms with Crippen molar-refractivity contribution >= 4 is 5.97 Å². The highest BCUT2D eigenvalue weighted by molar-refractivity contribution is 5.81. The predicted molar refractivity (Wildman–Crippen MR) is 130 cm³/mol. The van der Waals surface area contributed by atoms with Crippen molar-refractivity contribution in [1.82, 2.24) is 0 Å². The molecule has 0 aromatic heterocycles. The number of aliphatic hydroxyl groups excluding tert-OH is 1. The Hall–Kier alpha value is -1.83. The van der Waals surface area contributed by atoms with Gasteiger partial charge in [0, 0.05) is 19.3 Å². The molecule has 35 heavy (non-hydrogen) atoms. The first-order valence-corrected chi connectivity index (χ1v) is 13.1. The zero-order valence-electron chi connectivity index (χ0n) is 20.6. The molecule has 1 aromatic carbocycles. The van der Waals surface area contributed by atoms with E-state index in [1.807, 2.05) is 0 Å². The first-order chi connectivity index (χ1) is 17.0. The van der Waals surface area contributed by atoms with Gasteiger partial charge < -0.3 is 19.3 Å². The zero-order chi connectivity index (χ0) is 25.0. The van der Waals surface area contributed by atoms with Crippen molar-refractivity contribution in [2.75, 3.05) is 26.4 Å². The number of ether oxygens (including phenoxy) is 3. The van der Waals surface area contributed by atoms with Crippen LogP contribution >= 0.6 is 0 Å². The summed E-state index contributed by atoms with van der Waals surface area (Å²) in [7, 11) is 0. The first-order valence-electron chi connectivity index (χ1n) is 13.1. The largest absolute Gasteiger partial charge is 0.460 e. The maximum Gasteiger partial charge on any atom is 0.330 e. The van der Waals surface area contributed by atoms with Crippen LogP contribution in [0.25, 0.3) is 0 Å². The summed E-state index contributed by atoms with van der Waals surface area (Å²) >= 11 is 0. The molecule has 0 spiro atoms. The van der Waals surface area contributed by atoms with Crippen molar-refractivity contribution in [1.29, 1.82) is 0 Å². The van der Waals surface area contributed by atoms with Crippen molar-refractivity contribution in [3.63, 3.8) is 0 Å². The lowest BCUT2D eigenvalue weighted by Crippen LogP contribution is -2.28. The molecule has 1 unspecified atom stereocenters. The Balaban J connectivity index is 1.21.